The highest BCUT2D eigenvalue weighted by atomic mass is 15.1. The Kier molecular flexibility index (Phi) is 3.88. The summed E-state index contributed by atoms with van der Waals surface area (Å²) in [6.45, 7) is 3.00. The molecule has 0 spiro atoms. The van der Waals surface area contributed by atoms with E-state index in [9.17, 15) is 0 Å². The first-order valence-electron chi connectivity index (χ1n) is 5.97. The first-order valence-corrected chi connectivity index (χ1v) is 5.97. The van der Waals surface area contributed by atoms with Crippen molar-refractivity contribution < 1.29 is 0 Å². The highest BCUT2D eigenvalue weighted by molar-refractivity contribution is 5.39. The van der Waals surface area contributed by atoms with Gasteiger partial charge in [-0.3, -0.25) is 4.98 Å². The van der Waals surface area contributed by atoms with E-state index in [2.05, 4.69) is 26.8 Å². The third-order valence-corrected chi connectivity index (χ3v) is 2.71. The third-order valence-electron chi connectivity index (χ3n) is 2.71. The van der Waals surface area contributed by atoms with Crippen LogP contribution in [0.2, 0.25) is 0 Å². The van der Waals surface area contributed by atoms with Crippen LogP contribution in [0.1, 0.15) is 24.7 Å². The zero-order valence-electron chi connectivity index (χ0n) is 10.3. The van der Waals surface area contributed by atoms with Crippen LogP contribution in [-0.4, -0.2) is 21.6 Å². The molecule has 0 radical (unpaired) electrons. The lowest BCUT2D eigenvalue weighted by atomic mass is 10.2. The van der Waals surface area contributed by atoms with Gasteiger partial charge in [-0.1, -0.05) is 6.92 Å². The minimum Gasteiger partial charge on any atom is -0.316 e. The summed E-state index contributed by atoms with van der Waals surface area (Å²) in [7, 11) is 1.95. The number of hydrogen-bond acceptors (Lipinski definition) is 3. The molecule has 90 valence electrons. The predicted octanol–water partition coefficient (Wildman–Crippen LogP) is 1.94. The molecule has 0 amide bonds. The molecule has 4 nitrogen and oxygen atoms in total. The summed E-state index contributed by atoms with van der Waals surface area (Å²) in [5, 5.41) is 3.18. The number of aromatic nitrogens is 3. The second-order valence-electron chi connectivity index (χ2n) is 4.00. The molecule has 0 unspecified atom stereocenters. The van der Waals surface area contributed by atoms with E-state index in [1.807, 2.05) is 37.9 Å². The van der Waals surface area contributed by atoms with Crippen LogP contribution in [0.5, 0.6) is 0 Å². The fourth-order valence-electron chi connectivity index (χ4n) is 1.93. The van der Waals surface area contributed by atoms with Crippen LogP contribution in [0.15, 0.2) is 30.9 Å². The molecule has 0 bridgehead atoms. The van der Waals surface area contributed by atoms with Crippen LogP contribution in [0.25, 0.3) is 5.69 Å². The smallest absolute Gasteiger partial charge is 0.113 e. The summed E-state index contributed by atoms with van der Waals surface area (Å²) < 4.78 is 2.13. The van der Waals surface area contributed by atoms with Crippen molar-refractivity contribution in [2.75, 3.05) is 7.05 Å². The highest BCUT2D eigenvalue weighted by Gasteiger charge is 2.08. The lowest BCUT2D eigenvalue weighted by Gasteiger charge is -2.11. The van der Waals surface area contributed by atoms with Gasteiger partial charge < -0.3 is 9.88 Å². The Balaban J connectivity index is 2.41. The predicted molar refractivity (Wildman–Crippen MR) is 68.1 cm³/mol. The number of hydrogen-bond donors (Lipinski definition) is 1. The van der Waals surface area contributed by atoms with Crippen LogP contribution in [0.3, 0.4) is 0 Å². The lowest BCUT2D eigenvalue weighted by Crippen LogP contribution is -2.10. The van der Waals surface area contributed by atoms with Crippen LogP contribution in [0, 0.1) is 0 Å². The molecule has 4 heteroatoms. The maximum atomic E-state index is 4.40. The Morgan fingerprint density at radius 3 is 3.00 bits per heavy atom. The normalized spacial score (nSPS) is 10.7. The van der Waals surface area contributed by atoms with Crippen LogP contribution in [-0.2, 0) is 13.0 Å². The van der Waals surface area contributed by atoms with Gasteiger partial charge in [0.1, 0.15) is 5.82 Å². The van der Waals surface area contributed by atoms with Gasteiger partial charge in [-0.05, 0) is 25.1 Å². The van der Waals surface area contributed by atoms with E-state index in [0.29, 0.717) is 0 Å². The van der Waals surface area contributed by atoms with Crippen molar-refractivity contribution in [3.05, 3.63) is 42.2 Å². The highest BCUT2D eigenvalue weighted by Crippen LogP contribution is 2.15. The van der Waals surface area contributed by atoms with Gasteiger partial charge in [0.2, 0.25) is 0 Å². The first kappa shape index (κ1) is 11.8. The second kappa shape index (κ2) is 5.59. The summed E-state index contributed by atoms with van der Waals surface area (Å²) in [4.78, 5) is 8.61. The first-order chi connectivity index (χ1) is 8.36. The average Bonchev–Trinajstić information content (AvgIpc) is 2.79. The summed E-state index contributed by atoms with van der Waals surface area (Å²) >= 11 is 0. The van der Waals surface area contributed by atoms with Crippen LogP contribution >= 0.6 is 0 Å². The molecule has 0 saturated heterocycles. The van der Waals surface area contributed by atoms with Crippen molar-refractivity contribution in [1.82, 2.24) is 19.9 Å². The summed E-state index contributed by atoms with van der Waals surface area (Å²) in [6, 6.07) is 2.04. The van der Waals surface area contributed by atoms with Crippen molar-refractivity contribution in [1.29, 1.82) is 0 Å². The number of pyridine rings is 1. The topological polar surface area (TPSA) is 42.7 Å². The number of nitrogens with one attached hydrogen (secondary N) is 1. The summed E-state index contributed by atoms with van der Waals surface area (Å²) in [5.74, 6) is 1.10. The zero-order chi connectivity index (χ0) is 12.1. The molecule has 2 heterocycles. The Morgan fingerprint density at radius 2 is 2.24 bits per heavy atom. The fraction of sp³-hybridized carbons (Fsp3) is 0.385. The van der Waals surface area contributed by atoms with E-state index in [1.54, 1.807) is 0 Å². The van der Waals surface area contributed by atoms with Crippen molar-refractivity contribution in [3.63, 3.8) is 0 Å². The minimum absolute atomic E-state index is 0.835. The van der Waals surface area contributed by atoms with E-state index in [4.69, 9.17) is 0 Å². The van der Waals surface area contributed by atoms with Crippen molar-refractivity contribution >= 4 is 0 Å². The molecule has 17 heavy (non-hydrogen) atoms. The standard InChI is InChI=1S/C13H18N4/c1-3-4-13-16-7-8-17(13)12-10-15-6-5-11(12)9-14-2/h5-8,10,14H,3-4,9H2,1-2H3. The summed E-state index contributed by atoms with van der Waals surface area (Å²) in [6.07, 6.45) is 9.65. The molecule has 0 atom stereocenters. The molecule has 2 aromatic heterocycles. The van der Waals surface area contributed by atoms with Crippen molar-refractivity contribution in [2.24, 2.45) is 0 Å². The molecule has 0 saturated carbocycles. The van der Waals surface area contributed by atoms with E-state index in [-0.39, 0.29) is 0 Å². The van der Waals surface area contributed by atoms with Gasteiger partial charge in [-0.15, -0.1) is 0 Å². The largest absolute Gasteiger partial charge is 0.316 e. The molecule has 0 aromatic carbocycles. The van der Waals surface area contributed by atoms with Gasteiger partial charge in [0.05, 0.1) is 11.9 Å². The van der Waals surface area contributed by atoms with E-state index in [1.165, 1.54) is 5.56 Å². The third kappa shape index (κ3) is 2.53. The fourth-order valence-corrected chi connectivity index (χ4v) is 1.93. The molecule has 0 aliphatic carbocycles. The Hall–Kier alpha value is -1.68. The quantitative estimate of drug-likeness (QED) is 0.853. The molecular formula is C13H18N4. The van der Waals surface area contributed by atoms with E-state index < -0.39 is 0 Å². The molecule has 2 aromatic rings. The van der Waals surface area contributed by atoms with Gasteiger partial charge in [0, 0.05) is 31.6 Å². The number of imidazole rings is 1. The molecule has 0 aliphatic rings. The molecule has 0 fully saturated rings. The Labute approximate surface area is 102 Å². The van der Waals surface area contributed by atoms with Crippen molar-refractivity contribution in [2.45, 2.75) is 26.3 Å². The zero-order valence-corrected chi connectivity index (χ0v) is 10.3. The van der Waals surface area contributed by atoms with Gasteiger partial charge in [0.15, 0.2) is 0 Å². The number of rotatable bonds is 5. The Bertz CT molecular complexity index is 476. The molecule has 1 N–H and O–H groups in total. The van der Waals surface area contributed by atoms with Crippen molar-refractivity contribution in [3.8, 4) is 5.69 Å². The maximum Gasteiger partial charge on any atom is 0.113 e. The SMILES string of the molecule is CCCc1nccn1-c1cnccc1CNC. The Morgan fingerprint density at radius 1 is 1.35 bits per heavy atom. The van der Waals surface area contributed by atoms with E-state index >= 15 is 0 Å². The van der Waals surface area contributed by atoms with E-state index in [0.717, 1.165) is 30.9 Å². The van der Waals surface area contributed by atoms with Gasteiger partial charge in [-0.2, -0.15) is 0 Å². The minimum atomic E-state index is 0.835. The van der Waals surface area contributed by atoms with Gasteiger partial charge >= 0.3 is 0 Å². The van der Waals surface area contributed by atoms with Crippen LogP contribution < -0.4 is 5.32 Å². The number of nitrogens with zero attached hydrogens (tertiary/aromatic N) is 3. The van der Waals surface area contributed by atoms with Crippen LogP contribution in [0.4, 0.5) is 0 Å². The molecule has 0 aliphatic heterocycles. The number of aryl methyl sites for hydroxylation is 1. The molecule has 2 rings (SSSR count). The summed E-state index contributed by atoms with van der Waals surface area (Å²) in [5.41, 5.74) is 2.35. The second-order valence-corrected chi connectivity index (χ2v) is 4.00. The van der Waals surface area contributed by atoms with Gasteiger partial charge in [0.25, 0.3) is 0 Å². The lowest BCUT2D eigenvalue weighted by molar-refractivity contribution is 0.776. The molecular weight excluding hydrogens is 212 g/mol. The maximum absolute atomic E-state index is 4.40. The average molecular weight is 230 g/mol. The van der Waals surface area contributed by atoms with Gasteiger partial charge in [-0.25, -0.2) is 4.98 Å². The monoisotopic (exact) mass is 230 g/mol.